The fourth-order valence-electron chi connectivity index (χ4n) is 4.99. The Morgan fingerprint density at radius 1 is 1.24 bits per heavy atom. The van der Waals surface area contributed by atoms with Gasteiger partial charge in [-0.1, -0.05) is 19.3 Å². The third-order valence-corrected chi connectivity index (χ3v) is 6.51. The van der Waals surface area contributed by atoms with Crippen LogP contribution in [-0.4, -0.2) is 64.2 Å². The van der Waals surface area contributed by atoms with E-state index >= 15 is 0 Å². The number of likely N-dealkylation sites (N-methyl/N-ethyl adjacent to an activating group) is 1. The van der Waals surface area contributed by atoms with Gasteiger partial charge in [-0.05, 0) is 33.7 Å². The molecule has 25 heavy (non-hydrogen) atoms. The summed E-state index contributed by atoms with van der Waals surface area (Å²) in [5.74, 6) is 0.0943. The molecule has 0 bridgehead atoms. The van der Waals surface area contributed by atoms with Crippen molar-refractivity contribution in [3.63, 3.8) is 0 Å². The maximum Gasteiger partial charge on any atom is 0.274 e. The third kappa shape index (κ3) is 2.89. The van der Waals surface area contributed by atoms with Gasteiger partial charge in [-0.3, -0.25) is 14.8 Å². The smallest absolute Gasteiger partial charge is 0.274 e. The summed E-state index contributed by atoms with van der Waals surface area (Å²) in [6, 6.07) is 0. The first kappa shape index (κ1) is 17.0. The zero-order valence-electron chi connectivity index (χ0n) is 15.7. The second kappa shape index (κ2) is 6.40. The molecule has 1 spiro atoms. The summed E-state index contributed by atoms with van der Waals surface area (Å²) in [5, 5.41) is 7.46. The Balaban J connectivity index is 1.57. The van der Waals surface area contributed by atoms with Gasteiger partial charge in [0.2, 0.25) is 0 Å². The number of aromatic nitrogens is 2. The fraction of sp³-hybridized carbons (Fsp3) is 0.789. The van der Waals surface area contributed by atoms with Crippen molar-refractivity contribution >= 4 is 5.91 Å². The molecule has 0 radical (unpaired) electrons. The van der Waals surface area contributed by atoms with Gasteiger partial charge in [0.1, 0.15) is 0 Å². The van der Waals surface area contributed by atoms with Crippen molar-refractivity contribution in [1.82, 2.24) is 20.0 Å². The molecule has 1 aromatic rings. The number of nitrogens with one attached hydrogen (secondary N) is 1. The highest BCUT2D eigenvalue weighted by Crippen LogP contribution is 2.37. The SMILES string of the molecule is C[C@@H]1Cc2c(C(=O)N3CCN(C)C4(CCCCC4)C3)n[nH]c2[C@H](C)O1. The number of piperazine rings is 1. The maximum absolute atomic E-state index is 13.3. The van der Waals surface area contributed by atoms with Gasteiger partial charge in [-0.2, -0.15) is 5.10 Å². The first-order valence-corrected chi connectivity index (χ1v) is 9.73. The Bertz CT molecular complexity index is 650. The van der Waals surface area contributed by atoms with E-state index in [4.69, 9.17) is 4.74 Å². The number of amides is 1. The second-order valence-electron chi connectivity index (χ2n) is 8.19. The highest BCUT2D eigenvalue weighted by molar-refractivity contribution is 5.94. The average molecular weight is 346 g/mol. The van der Waals surface area contributed by atoms with Crippen molar-refractivity contribution in [3.05, 3.63) is 17.0 Å². The molecule has 1 saturated heterocycles. The van der Waals surface area contributed by atoms with Crippen LogP contribution in [0.4, 0.5) is 0 Å². The molecule has 2 atom stereocenters. The van der Waals surface area contributed by atoms with Crippen molar-refractivity contribution in [2.75, 3.05) is 26.7 Å². The Hall–Kier alpha value is -1.40. The van der Waals surface area contributed by atoms with E-state index in [0.29, 0.717) is 5.69 Å². The van der Waals surface area contributed by atoms with Crippen LogP contribution in [0.15, 0.2) is 0 Å². The largest absolute Gasteiger partial charge is 0.369 e. The van der Waals surface area contributed by atoms with Crippen molar-refractivity contribution in [2.24, 2.45) is 0 Å². The van der Waals surface area contributed by atoms with E-state index in [0.717, 1.165) is 37.3 Å². The van der Waals surface area contributed by atoms with Crippen LogP contribution in [0, 0.1) is 0 Å². The number of fused-ring (bicyclic) bond motifs is 1. The summed E-state index contributed by atoms with van der Waals surface area (Å²) in [7, 11) is 2.23. The number of ether oxygens (including phenoxy) is 1. The molecular formula is C19H30N4O2. The lowest BCUT2D eigenvalue weighted by atomic mass is 9.79. The molecule has 1 aliphatic carbocycles. The number of H-pyrrole nitrogens is 1. The minimum atomic E-state index is -0.0232. The molecule has 0 aromatic carbocycles. The zero-order chi connectivity index (χ0) is 17.6. The average Bonchev–Trinajstić information content (AvgIpc) is 3.02. The number of hydrogen-bond donors (Lipinski definition) is 1. The maximum atomic E-state index is 13.3. The number of nitrogens with zero attached hydrogens (tertiary/aromatic N) is 3. The number of hydrogen-bond acceptors (Lipinski definition) is 4. The van der Waals surface area contributed by atoms with Gasteiger partial charge in [0, 0.05) is 37.2 Å². The fourth-order valence-corrected chi connectivity index (χ4v) is 4.99. The van der Waals surface area contributed by atoms with Crippen LogP contribution < -0.4 is 0 Å². The second-order valence-corrected chi connectivity index (χ2v) is 8.19. The molecule has 6 heteroatoms. The summed E-state index contributed by atoms with van der Waals surface area (Å²) in [5.41, 5.74) is 2.83. The topological polar surface area (TPSA) is 61.5 Å². The Labute approximate surface area is 149 Å². The van der Waals surface area contributed by atoms with Crippen LogP contribution in [0.5, 0.6) is 0 Å². The first-order valence-electron chi connectivity index (χ1n) is 9.73. The van der Waals surface area contributed by atoms with E-state index in [9.17, 15) is 4.79 Å². The Morgan fingerprint density at radius 2 is 2.00 bits per heavy atom. The van der Waals surface area contributed by atoms with E-state index in [1.54, 1.807) is 0 Å². The lowest BCUT2D eigenvalue weighted by Crippen LogP contribution is -2.62. The summed E-state index contributed by atoms with van der Waals surface area (Å²) >= 11 is 0. The summed E-state index contributed by atoms with van der Waals surface area (Å²) in [6.07, 6.45) is 7.14. The van der Waals surface area contributed by atoms with Gasteiger partial charge >= 0.3 is 0 Å². The standard InChI is InChI=1S/C19H30N4O2/c1-13-11-15-16(14(2)25-13)20-21-17(15)18(24)23-10-9-22(3)19(12-23)7-5-4-6-8-19/h13-14H,4-12H2,1-3H3,(H,20,21)/t13-,14+/m1/s1. The summed E-state index contributed by atoms with van der Waals surface area (Å²) < 4.78 is 5.85. The van der Waals surface area contributed by atoms with Gasteiger partial charge < -0.3 is 9.64 Å². The first-order chi connectivity index (χ1) is 12.0. The van der Waals surface area contributed by atoms with E-state index in [1.807, 2.05) is 11.8 Å². The van der Waals surface area contributed by atoms with Crippen LogP contribution in [0.3, 0.4) is 0 Å². The van der Waals surface area contributed by atoms with Gasteiger partial charge in [-0.15, -0.1) is 0 Å². The van der Waals surface area contributed by atoms with Gasteiger partial charge in [0.25, 0.3) is 5.91 Å². The minimum absolute atomic E-state index is 0.0232. The highest BCUT2D eigenvalue weighted by Gasteiger charge is 2.43. The molecule has 4 rings (SSSR count). The van der Waals surface area contributed by atoms with Gasteiger partial charge in [0.15, 0.2) is 5.69 Å². The molecular weight excluding hydrogens is 316 g/mol. The van der Waals surface area contributed by atoms with Gasteiger partial charge in [0.05, 0.1) is 17.9 Å². The Kier molecular flexibility index (Phi) is 4.36. The predicted molar refractivity (Wildman–Crippen MR) is 95.6 cm³/mol. The van der Waals surface area contributed by atoms with Gasteiger partial charge in [-0.25, -0.2) is 0 Å². The minimum Gasteiger partial charge on any atom is -0.369 e. The van der Waals surface area contributed by atoms with Crippen LogP contribution in [-0.2, 0) is 11.2 Å². The molecule has 0 unspecified atom stereocenters. The number of rotatable bonds is 1. The highest BCUT2D eigenvalue weighted by atomic mass is 16.5. The van der Waals surface area contributed by atoms with Crippen LogP contribution in [0.25, 0.3) is 0 Å². The van der Waals surface area contributed by atoms with Crippen molar-refractivity contribution in [2.45, 2.75) is 70.1 Å². The van der Waals surface area contributed by atoms with E-state index < -0.39 is 0 Å². The Morgan fingerprint density at radius 3 is 2.76 bits per heavy atom. The molecule has 1 N–H and O–H groups in total. The molecule has 6 nitrogen and oxygen atoms in total. The third-order valence-electron chi connectivity index (χ3n) is 6.51. The quantitative estimate of drug-likeness (QED) is 0.849. The number of carbonyl (C=O) groups excluding carboxylic acids is 1. The van der Waals surface area contributed by atoms with E-state index in [2.05, 4.69) is 29.1 Å². The molecule has 3 heterocycles. The van der Waals surface area contributed by atoms with Crippen molar-refractivity contribution in [3.8, 4) is 0 Å². The monoisotopic (exact) mass is 346 g/mol. The molecule has 3 aliphatic rings. The molecule has 1 aromatic heterocycles. The molecule has 2 aliphatic heterocycles. The number of carbonyl (C=O) groups is 1. The molecule has 2 fully saturated rings. The summed E-state index contributed by atoms with van der Waals surface area (Å²) in [6.45, 7) is 6.67. The van der Waals surface area contributed by atoms with Crippen LogP contribution in [0.2, 0.25) is 0 Å². The lowest BCUT2D eigenvalue weighted by molar-refractivity contribution is -0.00851. The predicted octanol–water partition coefficient (Wildman–Crippen LogP) is 2.52. The zero-order valence-corrected chi connectivity index (χ0v) is 15.7. The van der Waals surface area contributed by atoms with E-state index in [-0.39, 0.29) is 23.7 Å². The molecule has 1 saturated carbocycles. The molecule has 138 valence electrons. The van der Waals surface area contributed by atoms with Crippen molar-refractivity contribution < 1.29 is 9.53 Å². The summed E-state index contributed by atoms with van der Waals surface area (Å²) in [4.78, 5) is 17.8. The number of aromatic amines is 1. The van der Waals surface area contributed by atoms with Crippen LogP contribution >= 0.6 is 0 Å². The van der Waals surface area contributed by atoms with E-state index in [1.165, 1.54) is 32.1 Å². The normalized spacial score (nSPS) is 29.6. The van der Waals surface area contributed by atoms with Crippen molar-refractivity contribution in [1.29, 1.82) is 0 Å². The molecule has 1 amide bonds. The van der Waals surface area contributed by atoms with Crippen LogP contribution in [0.1, 0.15) is 73.8 Å². The lowest BCUT2D eigenvalue weighted by Gasteiger charge is -2.51.